The molecule has 0 bridgehead atoms. The second kappa shape index (κ2) is 4.98. The Kier molecular flexibility index (Phi) is 3.27. The van der Waals surface area contributed by atoms with E-state index in [2.05, 4.69) is 9.97 Å². The highest BCUT2D eigenvalue weighted by Gasteiger charge is 2.16. The molecule has 0 saturated heterocycles. The van der Waals surface area contributed by atoms with Crippen LogP contribution in [0.3, 0.4) is 0 Å². The van der Waals surface area contributed by atoms with E-state index in [4.69, 9.17) is 0 Å². The van der Waals surface area contributed by atoms with Crippen LogP contribution in [-0.4, -0.2) is 36.8 Å². The Balaban J connectivity index is 2.01. The van der Waals surface area contributed by atoms with Gasteiger partial charge >= 0.3 is 0 Å². The normalized spacial score (nSPS) is 12.1. The maximum Gasteiger partial charge on any atom is 0.242 e. The van der Waals surface area contributed by atoms with Gasteiger partial charge in [-0.05, 0) is 35.9 Å². The number of H-pyrrole nitrogens is 1. The first-order valence-electron chi connectivity index (χ1n) is 6.45. The molecular formula is C15H15N3O2S. The minimum atomic E-state index is -3.39. The molecule has 5 nitrogen and oxygen atoms in total. The molecule has 0 fully saturated rings. The molecule has 2 aromatic heterocycles. The second-order valence-electron chi connectivity index (χ2n) is 4.94. The fourth-order valence-corrected chi connectivity index (χ4v) is 3.03. The summed E-state index contributed by atoms with van der Waals surface area (Å²) in [4.78, 5) is 7.75. The van der Waals surface area contributed by atoms with E-state index >= 15 is 0 Å². The maximum atomic E-state index is 12.0. The number of pyridine rings is 1. The lowest BCUT2D eigenvalue weighted by Crippen LogP contribution is -2.22. The number of hydrogen-bond acceptors (Lipinski definition) is 3. The van der Waals surface area contributed by atoms with Crippen molar-refractivity contribution < 1.29 is 8.42 Å². The van der Waals surface area contributed by atoms with E-state index in [-0.39, 0.29) is 4.90 Å². The van der Waals surface area contributed by atoms with E-state index in [9.17, 15) is 8.42 Å². The first-order chi connectivity index (χ1) is 9.98. The molecule has 0 radical (unpaired) electrons. The van der Waals surface area contributed by atoms with Gasteiger partial charge in [0, 0.05) is 31.4 Å². The second-order valence-corrected chi connectivity index (χ2v) is 7.09. The van der Waals surface area contributed by atoms with E-state index in [0.29, 0.717) is 0 Å². The van der Waals surface area contributed by atoms with Crippen molar-refractivity contribution in [1.29, 1.82) is 0 Å². The van der Waals surface area contributed by atoms with Crippen LogP contribution < -0.4 is 0 Å². The fraction of sp³-hybridized carbons (Fsp3) is 0.133. The summed E-state index contributed by atoms with van der Waals surface area (Å²) in [7, 11) is -0.349. The van der Waals surface area contributed by atoms with Crippen LogP contribution in [0.1, 0.15) is 0 Å². The van der Waals surface area contributed by atoms with Crippen LogP contribution in [0.4, 0.5) is 0 Å². The summed E-state index contributed by atoms with van der Waals surface area (Å²) in [6.07, 6.45) is 1.73. The molecule has 1 N–H and O–H groups in total. The average Bonchev–Trinajstić information content (AvgIpc) is 2.91. The largest absolute Gasteiger partial charge is 0.339 e. The van der Waals surface area contributed by atoms with Crippen molar-refractivity contribution in [3.63, 3.8) is 0 Å². The summed E-state index contributed by atoms with van der Waals surface area (Å²) in [5.74, 6) is 0. The molecule has 0 aliphatic carbocycles. The lowest BCUT2D eigenvalue weighted by Gasteiger charge is -2.11. The number of rotatable bonds is 3. The quantitative estimate of drug-likeness (QED) is 0.808. The Hall–Kier alpha value is -2.18. The van der Waals surface area contributed by atoms with Gasteiger partial charge in [0.15, 0.2) is 0 Å². The smallest absolute Gasteiger partial charge is 0.242 e. The summed E-state index contributed by atoms with van der Waals surface area (Å²) in [6, 6.07) is 12.7. The summed E-state index contributed by atoms with van der Waals surface area (Å²) in [5.41, 5.74) is 2.65. The standard InChI is InChI=1S/C15H15N3O2S/c1-18(2)21(19,20)13-7-5-11(6-8-13)14-10-12-4-3-9-16-15(12)17-14/h3-10H,1-2H3,(H,16,17). The minimum absolute atomic E-state index is 0.283. The number of aromatic nitrogens is 2. The summed E-state index contributed by atoms with van der Waals surface area (Å²) in [5, 5.41) is 1.03. The number of aromatic amines is 1. The zero-order chi connectivity index (χ0) is 15.0. The number of hydrogen-bond donors (Lipinski definition) is 1. The molecule has 1 aromatic carbocycles. The van der Waals surface area contributed by atoms with Gasteiger partial charge in [0.25, 0.3) is 0 Å². The zero-order valence-electron chi connectivity index (χ0n) is 11.7. The van der Waals surface area contributed by atoms with Crippen LogP contribution >= 0.6 is 0 Å². The highest BCUT2D eigenvalue weighted by molar-refractivity contribution is 7.89. The van der Waals surface area contributed by atoms with E-state index in [1.165, 1.54) is 18.4 Å². The third-order valence-electron chi connectivity index (χ3n) is 3.34. The third kappa shape index (κ3) is 2.43. The van der Waals surface area contributed by atoms with Gasteiger partial charge in [0.2, 0.25) is 10.0 Å². The first-order valence-corrected chi connectivity index (χ1v) is 7.89. The monoisotopic (exact) mass is 301 g/mol. The van der Waals surface area contributed by atoms with E-state index in [0.717, 1.165) is 22.3 Å². The number of nitrogens with one attached hydrogen (secondary N) is 1. The van der Waals surface area contributed by atoms with Crippen LogP contribution in [0.2, 0.25) is 0 Å². The molecular weight excluding hydrogens is 286 g/mol. The number of benzene rings is 1. The molecule has 0 unspecified atom stereocenters. The number of fused-ring (bicyclic) bond motifs is 1. The molecule has 108 valence electrons. The minimum Gasteiger partial charge on any atom is -0.339 e. The Morgan fingerprint density at radius 1 is 1.10 bits per heavy atom. The van der Waals surface area contributed by atoms with Gasteiger partial charge in [0.05, 0.1) is 4.90 Å². The summed E-state index contributed by atoms with van der Waals surface area (Å²) < 4.78 is 25.3. The SMILES string of the molecule is CN(C)S(=O)(=O)c1ccc(-c2cc3cccnc3[nH]2)cc1. The number of nitrogens with zero attached hydrogens (tertiary/aromatic N) is 2. The Bertz CT molecular complexity index is 848. The Morgan fingerprint density at radius 2 is 1.81 bits per heavy atom. The fourth-order valence-electron chi connectivity index (χ4n) is 2.13. The lowest BCUT2D eigenvalue weighted by atomic mass is 10.1. The zero-order valence-corrected chi connectivity index (χ0v) is 12.6. The van der Waals surface area contributed by atoms with Crippen molar-refractivity contribution in [2.45, 2.75) is 4.90 Å². The number of sulfonamides is 1. The predicted octanol–water partition coefficient (Wildman–Crippen LogP) is 2.48. The molecule has 2 heterocycles. The molecule has 0 spiro atoms. The molecule has 0 aliphatic heterocycles. The molecule has 3 aromatic rings. The molecule has 3 rings (SSSR count). The van der Waals surface area contributed by atoms with Gasteiger partial charge in [-0.1, -0.05) is 12.1 Å². The molecule has 21 heavy (non-hydrogen) atoms. The summed E-state index contributed by atoms with van der Waals surface area (Å²) >= 11 is 0. The van der Waals surface area contributed by atoms with Crippen molar-refractivity contribution >= 4 is 21.1 Å². The van der Waals surface area contributed by atoms with Crippen molar-refractivity contribution in [1.82, 2.24) is 14.3 Å². The lowest BCUT2D eigenvalue weighted by molar-refractivity contribution is 0.521. The van der Waals surface area contributed by atoms with Crippen LogP contribution in [0.25, 0.3) is 22.3 Å². The Labute approximate surface area is 123 Å². The average molecular weight is 301 g/mol. The molecule has 0 amide bonds. The van der Waals surface area contributed by atoms with Crippen molar-refractivity contribution in [3.05, 3.63) is 48.7 Å². The van der Waals surface area contributed by atoms with Crippen LogP contribution in [0, 0.1) is 0 Å². The highest BCUT2D eigenvalue weighted by atomic mass is 32.2. The van der Waals surface area contributed by atoms with Gasteiger partial charge in [-0.3, -0.25) is 0 Å². The maximum absolute atomic E-state index is 12.0. The van der Waals surface area contributed by atoms with Gasteiger partial charge in [-0.25, -0.2) is 17.7 Å². The Morgan fingerprint density at radius 3 is 2.43 bits per heavy atom. The van der Waals surface area contributed by atoms with Crippen LogP contribution in [0.5, 0.6) is 0 Å². The van der Waals surface area contributed by atoms with Gasteiger partial charge in [-0.15, -0.1) is 0 Å². The topological polar surface area (TPSA) is 66.1 Å². The van der Waals surface area contributed by atoms with Crippen LogP contribution in [-0.2, 0) is 10.0 Å². The third-order valence-corrected chi connectivity index (χ3v) is 5.17. The molecule has 0 atom stereocenters. The molecule has 0 aliphatic rings. The van der Waals surface area contributed by atoms with Crippen molar-refractivity contribution in [3.8, 4) is 11.3 Å². The van der Waals surface area contributed by atoms with Crippen molar-refractivity contribution in [2.75, 3.05) is 14.1 Å². The van der Waals surface area contributed by atoms with E-state index in [1.54, 1.807) is 30.5 Å². The van der Waals surface area contributed by atoms with Crippen molar-refractivity contribution in [2.24, 2.45) is 0 Å². The van der Waals surface area contributed by atoms with E-state index < -0.39 is 10.0 Å². The predicted molar refractivity (Wildman–Crippen MR) is 82.4 cm³/mol. The molecule has 6 heteroatoms. The molecule has 0 saturated carbocycles. The highest BCUT2D eigenvalue weighted by Crippen LogP contribution is 2.24. The van der Waals surface area contributed by atoms with Gasteiger partial charge < -0.3 is 4.98 Å². The van der Waals surface area contributed by atoms with Crippen LogP contribution in [0.15, 0.2) is 53.6 Å². The summed E-state index contributed by atoms with van der Waals surface area (Å²) in [6.45, 7) is 0. The van der Waals surface area contributed by atoms with Gasteiger partial charge in [0.1, 0.15) is 5.65 Å². The first kappa shape index (κ1) is 13.8. The van der Waals surface area contributed by atoms with E-state index in [1.807, 2.05) is 18.2 Å². The van der Waals surface area contributed by atoms with Gasteiger partial charge in [-0.2, -0.15) is 0 Å².